The van der Waals surface area contributed by atoms with Crippen LogP contribution in [0.3, 0.4) is 0 Å². The topological polar surface area (TPSA) is 29.5 Å². The van der Waals surface area contributed by atoms with E-state index in [9.17, 15) is 4.79 Å². The molecular weight excluding hydrogens is 262 g/mol. The summed E-state index contributed by atoms with van der Waals surface area (Å²) in [6, 6.07) is 16.1. The normalized spacial score (nSPS) is 15.0. The number of morpholine rings is 1. The molecule has 1 heterocycles. The van der Waals surface area contributed by atoms with Crippen molar-refractivity contribution in [3.63, 3.8) is 0 Å². The number of carbonyl (C=O) groups is 1. The van der Waals surface area contributed by atoms with Gasteiger partial charge < -0.3 is 9.64 Å². The number of hydrogen-bond acceptors (Lipinski definition) is 2. The van der Waals surface area contributed by atoms with Crippen molar-refractivity contribution in [2.24, 2.45) is 0 Å². The highest BCUT2D eigenvalue weighted by molar-refractivity contribution is 6.00. The molecule has 0 radical (unpaired) electrons. The number of hydrogen-bond donors (Lipinski definition) is 0. The molecule has 0 spiro atoms. The molecule has 0 atom stereocenters. The van der Waals surface area contributed by atoms with E-state index in [0.29, 0.717) is 26.3 Å². The molecule has 0 bridgehead atoms. The molecule has 21 heavy (non-hydrogen) atoms. The molecule has 0 saturated carbocycles. The molecular formula is C18H19NO2. The molecule has 1 fully saturated rings. The third-order valence-corrected chi connectivity index (χ3v) is 3.82. The summed E-state index contributed by atoms with van der Waals surface area (Å²) in [6.45, 7) is 4.65. The van der Waals surface area contributed by atoms with E-state index in [0.717, 1.165) is 16.7 Å². The van der Waals surface area contributed by atoms with Crippen LogP contribution in [-0.2, 0) is 4.74 Å². The Bertz CT molecular complexity index is 628. The van der Waals surface area contributed by atoms with Crippen molar-refractivity contribution in [2.45, 2.75) is 6.92 Å². The summed E-state index contributed by atoms with van der Waals surface area (Å²) in [7, 11) is 0. The summed E-state index contributed by atoms with van der Waals surface area (Å²) >= 11 is 0. The summed E-state index contributed by atoms with van der Waals surface area (Å²) in [5.41, 5.74) is 4.06. The molecule has 108 valence electrons. The largest absolute Gasteiger partial charge is 0.378 e. The van der Waals surface area contributed by atoms with Gasteiger partial charge in [0.25, 0.3) is 5.91 Å². The van der Waals surface area contributed by atoms with Crippen LogP contribution in [0.1, 0.15) is 15.9 Å². The van der Waals surface area contributed by atoms with Gasteiger partial charge in [-0.15, -0.1) is 0 Å². The molecule has 0 N–H and O–H groups in total. The van der Waals surface area contributed by atoms with Gasteiger partial charge in [0.2, 0.25) is 0 Å². The highest BCUT2D eigenvalue weighted by Gasteiger charge is 2.21. The van der Waals surface area contributed by atoms with Crippen molar-refractivity contribution in [3.8, 4) is 11.1 Å². The van der Waals surface area contributed by atoms with Gasteiger partial charge in [0.1, 0.15) is 0 Å². The fourth-order valence-electron chi connectivity index (χ4n) is 2.59. The Labute approximate surface area is 125 Å². The maximum absolute atomic E-state index is 12.7. The van der Waals surface area contributed by atoms with Crippen LogP contribution in [0.5, 0.6) is 0 Å². The minimum atomic E-state index is 0.0921. The van der Waals surface area contributed by atoms with Crippen LogP contribution in [0.2, 0.25) is 0 Å². The Morgan fingerprint density at radius 2 is 1.67 bits per heavy atom. The van der Waals surface area contributed by atoms with Gasteiger partial charge in [-0.3, -0.25) is 4.79 Å². The minimum Gasteiger partial charge on any atom is -0.378 e. The Morgan fingerprint density at radius 1 is 1.00 bits per heavy atom. The predicted octanol–water partition coefficient (Wildman–Crippen LogP) is 3.13. The van der Waals surface area contributed by atoms with Crippen molar-refractivity contribution in [3.05, 3.63) is 59.7 Å². The van der Waals surface area contributed by atoms with E-state index in [2.05, 4.69) is 31.2 Å². The molecule has 0 unspecified atom stereocenters. The lowest BCUT2D eigenvalue weighted by molar-refractivity contribution is 0.0303. The lowest BCUT2D eigenvalue weighted by Crippen LogP contribution is -2.40. The van der Waals surface area contributed by atoms with Crippen molar-refractivity contribution in [1.82, 2.24) is 4.90 Å². The first-order valence-corrected chi connectivity index (χ1v) is 7.29. The number of ether oxygens (including phenoxy) is 1. The molecule has 2 aromatic rings. The second-order valence-electron chi connectivity index (χ2n) is 5.32. The zero-order valence-electron chi connectivity index (χ0n) is 12.2. The van der Waals surface area contributed by atoms with Crippen molar-refractivity contribution >= 4 is 5.91 Å². The highest BCUT2D eigenvalue weighted by Crippen LogP contribution is 2.25. The van der Waals surface area contributed by atoms with E-state index in [4.69, 9.17) is 4.74 Å². The Morgan fingerprint density at radius 3 is 2.38 bits per heavy atom. The number of amides is 1. The number of aryl methyl sites for hydroxylation is 1. The van der Waals surface area contributed by atoms with Crippen molar-refractivity contribution in [1.29, 1.82) is 0 Å². The molecule has 1 aliphatic heterocycles. The van der Waals surface area contributed by atoms with Crippen LogP contribution in [0.15, 0.2) is 48.5 Å². The lowest BCUT2D eigenvalue weighted by Gasteiger charge is -2.27. The Balaban J connectivity index is 1.95. The number of benzene rings is 2. The first-order chi connectivity index (χ1) is 10.3. The molecule has 2 aromatic carbocycles. The molecule has 3 nitrogen and oxygen atoms in total. The van der Waals surface area contributed by atoms with E-state index < -0.39 is 0 Å². The van der Waals surface area contributed by atoms with Crippen LogP contribution in [-0.4, -0.2) is 37.1 Å². The van der Waals surface area contributed by atoms with E-state index >= 15 is 0 Å². The number of carbonyl (C=O) groups excluding carboxylic acids is 1. The first kappa shape index (κ1) is 13.8. The van der Waals surface area contributed by atoms with Crippen LogP contribution < -0.4 is 0 Å². The predicted molar refractivity (Wildman–Crippen MR) is 83.3 cm³/mol. The van der Waals surface area contributed by atoms with Crippen molar-refractivity contribution < 1.29 is 9.53 Å². The minimum absolute atomic E-state index is 0.0921. The van der Waals surface area contributed by atoms with Crippen LogP contribution in [0.25, 0.3) is 11.1 Å². The first-order valence-electron chi connectivity index (χ1n) is 7.29. The van der Waals surface area contributed by atoms with Gasteiger partial charge in [0, 0.05) is 18.7 Å². The molecule has 3 heteroatoms. The lowest BCUT2D eigenvalue weighted by atomic mass is 9.98. The van der Waals surface area contributed by atoms with Gasteiger partial charge in [-0.1, -0.05) is 48.0 Å². The number of rotatable bonds is 2. The van der Waals surface area contributed by atoms with E-state index in [1.807, 2.05) is 29.2 Å². The maximum atomic E-state index is 12.7. The standard InChI is InChI=1S/C18H19NO2/c1-14-6-8-15(9-7-14)16-4-2-3-5-17(16)18(20)19-10-12-21-13-11-19/h2-9H,10-13H2,1H3. The summed E-state index contributed by atoms with van der Waals surface area (Å²) in [4.78, 5) is 14.6. The molecule has 0 aliphatic carbocycles. The van der Waals surface area contributed by atoms with Gasteiger partial charge in [-0.2, -0.15) is 0 Å². The van der Waals surface area contributed by atoms with Crippen LogP contribution >= 0.6 is 0 Å². The quantitative estimate of drug-likeness (QED) is 0.846. The van der Waals surface area contributed by atoms with Gasteiger partial charge in [-0.05, 0) is 24.1 Å². The third-order valence-electron chi connectivity index (χ3n) is 3.82. The summed E-state index contributed by atoms with van der Waals surface area (Å²) in [5, 5.41) is 0. The highest BCUT2D eigenvalue weighted by atomic mass is 16.5. The maximum Gasteiger partial charge on any atom is 0.254 e. The molecule has 1 aliphatic rings. The third kappa shape index (κ3) is 2.98. The summed E-state index contributed by atoms with van der Waals surface area (Å²) < 4.78 is 5.32. The summed E-state index contributed by atoms with van der Waals surface area (Å²) in [6.07, 6.45) is 0. The van der Waals surface area contributed by atoms with Crippen LogP contribution in [0, 0.1) is 6.92 Å². The van der Waals surface area contributed by atoms with Gasteiger partial charge in [0.15, 0.2) is 0 Å². The SMILES string of the molecule is Cc1ccc(-c2ccccc2C(=O)N2CCOCC2)cc1. The molecule has 3 rings (SSSR count). The van der Waals surface area contributed by atoms with E-state index in [-0.39, 0.29) is 5.91 Å². The molecule has 1 saturated heterocycles. The Kier molecular flexibility index (Phi) is 4.02. The zero-order chi connectivity index (χ0) is 14.7. The summed E-state index contributed by atoms with van der Waals surface area (Å²) in [5.74, 6) is 0.0921. The van der Waals surface area contributed by atoms with E-state index in [1.165, 1.54) is 5.56 Å². The van der Waals surface area contributed by atoms with E-state index in [1.54, 1.807) is 0 Å². The second-order valence-corrected chi connectivity index (χ2v) is 5.32. The van der Waals surface area contributed by atoms with Gasteiger partial charge in [-0.25, -0.2) is 0 Å². The van der Waals surface area contributed by atoms with Crippen molar-refractivity contribution in [2.75, 3.05) is 26.3 Å². The average molecular weight is 281 g/mol. The molecule has 0 aromatic heterocycles. The zero-order valence-corrected chi connectivity index (χ0v) is 12.2. The number of nitrogens with zero attached hydrogens (tertiary/aromatic N) is 1. The van der Waals surface area contributed by atoms with Crippen LogP contribution in [0.4, 0.5) is 0 Å². The average Bonchev–Trinajstić information content (AvgIpc) is 2.56. The fourth-order valence-corrected chi connectivity index (χ4v) is 2.59. The second kappa shape index (κ2) is 6.10. The Hall–Kier alpha value is -2.13. The smallest absolute Gasteiger partial charge is 0.254 e. The fraction of sp³-hybridized carbons (Fsp3) is 0.278. The monoisotopic (exact) mass is 281 g/mol. The molecule has 1 amide bonds. The van der Waals surface area contributed by atoms with Gasteiger partial charge in [0.05, 0.1) is 13.2 Å². The van der Waals surface area contributed by atoms with Gasteiger partial charge >= 0.3 is 0 Å².